The number of fused-ring (bicyclic) bond motifs is 1. The molecule has 0 fully saturated rings. The summed E-state index contributed by atoms with van der Waals surface area (Å²) in [4.78, 5) is 28.1. The lowest BCUT2D eigenvalue weighted by molar-refractivity contribution is -0.113. The number of amides is 1. The van der Waals surface area contributed by atoms with Crippen LogP contribution in [0.15, 0.2) is 47.3 Å². The van der Waals surface area contributed by atoms with Gasteiger partial charge in [-0.2, -0.15) is 0 Å². The Hall–Kier alpha value is -2.53. The van der Waals surface area contributed by atoms with Crippen molar-refractivity contribution in [1.29, 1.82) is 0 Å². The average molecular weight is 381 g/mol. The van der Waals surface area contributed by atoms with E-state index >= 15 is 0 Å². The second-order valence-corrected chi connectivity index (χ2v) is 7.65. The van der Waals surface area contributed by atoms with Gasteiger partial charge in [0.1, 0.15) is 0 Å². The van der Waals surface area contributed by atoms with Gasteiger partial charge in [0.25, 0.3) is 0 Å². The van der Waals surface area contributed by atoms with Gasteiger partial charge in [0.2, 0.25) is 5.91 Å². The van der Waals surface area contributed by atoms with Crippen LogP contribution >= 0.6 is 11.8 Å². The summed E-state index contributed by atoms with van der Waals surface area (Å²) in [5.74, 6) is 0.892. The molecule has 27 heavy (non-hydrogen) atoms. The van der Waals surface area contributed by atoms with Crippen molar-refractivity contribution in [2.24, 2.45) is 0 Å². The molecule has 3 rings (SSSR count). The van der Waals surface area contributed by atoms with Gasteiger partial charge in [-0.15, -0.1) is 11.8 Å². The van der Waals surface area contributed by atoms with Crippen molar-refractivity contribution in [2.75, 3.05) is 11.1 Å². The molecule has 2 N–H and O–H groups in total. The number of carbonyl (C=O) groups is 1. The normalized spacial score (nSPS) is 10.9. The van der Waals surface area contributed by atoms with E-state index in [2.05, 4.69) is 17.2 Å². The van der Waals surface area contributed by atoms with Crippen LogP contribution in [-0.2, 0) is 17.0 Å². The molecule has 0 unspecified atom stereocenters. The first kappa shape index (κ1) is 19.2. The fourth-order valence-corrected chi connectivity index (χ4v) is 3.92. The van der Waals surface area contributed by atoms with E-state index in [-0.39, 0.29) is 11.3 Å². The zero-order valence-corrected chi connectivity index (χ0v) is 16.7. The zero-order chi connectivity index (χ0) is 19.4. The van der Waals surface area contributed by atoms with Gasteiger partial charge in [0.05, 0.1) is 11.3 Å². The second kappa shape index (κ2) is 8.44. The molecule has 0 bridgehead atoms. The predicted molar refractivity (Wildman–Crippen MR) is 115 cm³/mol. The van der Waals surface area contributed by atoms with E-state index in [1.165, 1.54) is 11.8 Å². The lowest BCUT2D eigenvalue weighted by Gasteiger charge is -2.10. The first-order chi connectivity index (χ1) is 13.0. The summed E-state index contributed by atoms with van der Waals surface area (Å²) in [5.41, 5.74) is 5.78. The number of hydrogen-bond acceptors (Lipinski definition) is 3. The van der Waals surface area contributed by atoms with Gasteiger partial charge in [-0.3, -0.25) is 9.59 Å². The van der Waals surface area contributed by atoms with E-state index < -0.39 is 0 Å². The molecule has 3 aromatic rings. The SMILES string of the molecule is CCc1ccccc1NC(=O)CSCc1cc(=O)c2c(C)ccc(C)c2[nH]1. The molecule has 5 heteroatoms. The number of aromatic amines is 1. The first-order valence-electron chi connectivity index (χ1n) is 9.07. The van der Waals surface area contributed by atoms with Crippen molar-refractivity contribution in [3.8, 4) is 0 Å². The Bertz CT molecular complexity index is 1040. The Morgan fingerprint density at radius 1 is 1.11 bits per heavy atom. The van der Waals surface area contributed by atoms with Crippen LogP contribution in [0.3, 0.4) is 0 Å². The Kier molecular flexibility index (Phi) is 6.01. The number of hydrogen-bond donors (Lipinski definition) is 2. The van der Waals surface area contributed by atoms with Crippen molar-refractivity contribution in [1.82, 2.24) is 4.98 Å². The summed E-state index contributed by atoms with van der Waals surface area (Å²) in [5, 5.41) is 3.72. The van der Waals surface area contributed by atoms with Crippen LogP contribution in [0.2, 0.25) is 0 Å². The fourth-order valence-electron chi connectivity index (χ4n) is 3.18. The molecule has 0 spiro atoms. The Morgan fingerprint density at radius 2 is 1.85 bits per heavy atom. The highest BCUT2D eigenvalue weighted by atomic mass is 32.2. The van der Waals surface area contributed by atoms with Crippen LogP contribution in [0.25, 0.3) is 10.9 Å². The molecule has 0 saturated heterocycles. The van der Waals surface area contributed by atoms with Gasteiger partial charge >= 0.3 is 0 Å². The minimum absolute atomic E-state index is 0.0295. The lowest BCUT2D eigenvalue weighted by Crippen LogP contribution is -2.15. The molecule has 1 aromatic heterocycles. The molecule has 140 valence electrons. The molecule has 0 aliphatic heterocycles. The van der Waals surface area contributed by atoms with Crippen molar-refractivity contribution in [3.63, 3.8) is 0 Å². The standard InChI is InChI=1S/C22H24N2O2S/c1-4-16-7-5-6-8-18(16)24-20(26)13-27-12-17-11-19(25)21-14(2)9-10-15(3)22(21)23-17/h5-11H,4,12-13H2,1-3H3,(H,23,25)(H,24,26). The Balaban J connectivity index is 1.66. The molecular weight excluding hydrogens is 356 g/mol. The smallest absolute Gasteiger partial charge is 0.234 e. The average Bonchev–Trinajstić information content (AvgIpc) is 2.65. The number of nitrogens with one attached hydrogen (secondary N) is 2. The second-order valence-electron chi connectivity index (χ2n) is 6.66. The van der Waals surface area contributed by atoms with Gasteiger partial charge in [-0.1, -0.05) is 37.3 Å². The van der Waals surface area contributed by atoms with Crippen molar-refractivity contribution >= 4 is 34.3 Å². The highest BCUT2D eigenvalue weighted by molar-refractivity contribution is 7.99. The van der Waals surface area contributed by atoms with Crippen LogP contribution in [0, 0.1) is 13.8 Å². The van der Waals surface area contributed by atoms with Gasteiger partial charge in [0.15, 0.2) is 5.43 Å². The maximum absolute atomic E-state index is 12.5. The molecule has 0 aliphatic rings. The summed E-state index contributed by atoms with van der Waals surface area (Å²) in [7, 11) is 0. The molecule has 4 nitrogen and oxygen atoms in total. The molecule has 0 radical (unpaired) electrons. The van der Waals surface area contributed by atoms with E-state index in [1.54, 1.807) is 6.07 Å². The van der Waals surface area contributed by atoms with Crippen molar-refractivity contribution in [3.05, 3.63) is 75.1 Å². The van der Waals surface area contributed by atoms with Gasteiger partial charge in [0, 0.05) is 28.6 Å². The number of aromatic nitrogens is 1. The maximum Gasteiger partial charge on any atom is 0.234 e. The van der Waals surface area contributed by atoms with E-state index in [0.29, 0.717) is 11.5 Å². The van der Waals surface area contributed by atoms with Crippen LogP contribution in [0.1, 0.15) is 29.3 Å². The van der Waals surface area contributed by atoms with Crippen molar-refractivity contribution < 1.29 is 4.79 Å². The van der Waals surface area contributed by atoms with Gasteiger partial charge < -0.3 is 10.3 Å². The number of carbonyl (C=O) groups excluding carboxylic acids is 1. The first-order valence-corrected chi connectivity index (χ1v) is 10.2. The largest absolute Gasteiger partial charge is 0.357 e. The number of benzene rings is 2. The highest BCUT2D eigenvalue weighted by Gasteiger charge is 2.09. The lowest BCUT2D eigenvalue weighted by atomic mass is 10.0. The molecule has 0 saturated carbocycles. The minimum Gasteiger partial charge on any atom is -0.357 e. The molecule has 1 heterocycles. The Labute approximate surface area is 163 Å². The third kappa shape index (κ3) is 4.42. The topological polar surface area (TPSA) is 62.0 Å². The van der Waals surface area contributed by atoms with Crippen LogP contribution < -0.4 is 10.7 Å². The summed E-state index contributed by atoms with van der Waals surface area (Å²) in [6.07, 6.45) is 0.876. The summed E-state index contributed by atoms with van der Waals surface area (Å²) < 4.78 is 0. The van der Waals surface area contributed by atoms with Crippen molar-refractivity contribution in [2.45, 2.75) is 32.9 Å². The number of aryl methyl sites for hydroxylation is 3. The zero-order valence-electron chi connectivity index (χ0n) is 15.9. The van der Waals surface area contributed by atoms with E-state index in [0.717, 1.165) is 45.4 Å². The van der Waals surface area contributed by atoms with Crippen LogP contribution in [0.4, 0.5) is 5.69 Å². The third-order valence-corrected chi connectivity index (χ3v) is 5.60. The van der Waals surface area contributed by atoms with E-state index in [9.17, 15) is 9.59 Å². The van der Waals surface area contributed by atoms with Crippen LogP contribution in [-0.4, -0.2) is 16.6 Å². The molecule has 2 aromatic carbocycles. The number of para-hydroxylation sites is 1. The fraction of sp³-hybridized carbons (Fsp3) is 0.273. The number of H-pyrrole nitrogens is 1. The predicted octanol–water partition coefficient (Wildman–Crippen LogP) is 4.58. The summed E-state index contributed by atoms with van der Waals surface area (Å²) >= 11 is 1.49. The molecule has 0 atom stereocenters. The molecule has 0 aliphatic carbocycles. The number of pyridine rings is 1. The Morgan fingerprint density at radius 3 is 2.63 bits per heavy atom. The molecule has 1 amide bonds. The number of rotatable bonds is 6. The van der Waals surface area contributed by atoms with Crippen LogP contribution in [0.5, 0.6) is 0 Å². The highest BCUT2D eigenvalue weighted by Crippen LogP contribution is 2.20. The molecular formula is C22H24N2O2S. The third-order valence-electron chi connectivity index (χ3n) is 4.62. The number of anilines is 1. The van der Waals surface area contributed by atoms with E-state index in [1.807, 2.05) is 50.2 Å². The summed E-state index contributed by atoms with van der Waals surface area (Å²) in [6.45, 7) is 6.01. The minimum atomic E-state index is -0.0314. The van der Waals surface area contributed by atoms with E-state index in [4.69, 9.17) is 0 Å². The monoisotopic (exact) mass is 380 g/mol. The quantitative estimate of drug-likeness (QED) is 0.658. The summed E-state index contributed by atoms with van der Waals surface area (Å²) in [6, 6.07) is 13.5. The maximum atomic E-state index is 12.5. The van der Waals surface area contributed by atoms with Gasteiger partial charge in [-0.05, 0) is 43.0 Å². The number of thioether (sulfide) groups is 1. The van der Waals surface area contributed by atoms with Gasteiger partial charge in [-0.25, -0.2) is 0 Å².